The van der Waals surface area contributed by atoms with Crippen LogP contribution in [0.2, 0.25) is 0 Å². The number of nitrogens with zero attached hydrogens (tertiary/aromatic N) is 2. The number of anilines is 6. The molecule has 6 nitrogen and oxygen atoms in total. The number of thiophene rings is 1. The lowest BCUT2D eigenvalue weighted by Gasteiger charge is -2.45. The van der Waals surface area contributed by atoms with Crippen LogP contribution >= 0.6 is 11.3 Å². The van der Waals surface area contributed by atoms with Crippen molar-refractivity contribution in [2.75, 3.05) is 36.2 Å². The monoisotopic (exact) mass is 746 g/mol. The maximum Gasteiger partial charge on any atom is 0.264 e. The Kier molecular flexibility index (Phi) is 7.80. The molecule has 0 radical (unpaired) electrons. The number of benzene rings is 5. The van der Waals surface area contributed by atoms with E-state index < -0.39 is 0 Å². The zero-order valence-electron chi connectivity index (χ0n) is 33.1. The molecule has 0 unspecified atom stereocenters. The fourth-order valence-electron chi connectivity index (χ4n) is 9.40. The van der Waals surface area contributed by atoms with Crippen molar-refractivity contribution in [1.82, 2.24) is 0 Å². The first kappa shape index (κ1) is 34.4. The lowest BCUT2D eigenvalue weighted by atomic mass is 9.36. The molecular formula is C47H47BN2O4S. The summed E-state index contributed by atoms with van der Waals surface area (Å²) in [5.74, 6) is 3.32. The van der Waals surface area contributed by atoms with Gasteiger partial charge in [-0.05, 0) is 109 Å². The average Bonchev–Trinajstić information content (AvgIpc) is 3.25. The summed E-state index contributed by atoms with van der Waals surface area (Å²) < 4.78 is 28.2. The van der Waals surface area contributed by atoms with Gasteiger partial charge in [-0.25, -0.2) is 0 Å². The molecule has 0 saturated heterocycles. The molecule has 6 aromatic rings. The molecule has 4 aliphatic rings. The molecule has 0 amide bonds. The normalized spacial score (nSPS) is 15.7. The van der Waals surface area contributed by atoms with Gasteiger partial charge in [0.2, 0.25) is 0 Å². The van der Waals surface area contributed by atoms with E-state index in [4.69, 9.17) is 18.9 Å². The number of rotatable bonds is 2. The molecular weight excluding hydrogens is 699 g/mol. The maximum atomic E-state index is 6.47. The standard InChI is InChI=1S/C47H47BN2O4S/c1-26-19-35-41-36(20-26)50(43-29(4)23-39-45(30(43)5)54-18-12-17-53-39)44-32-13-9-10-14-40(32)55-46(44)48(41)33-24-37-38(52-16-11-15-51-37)25-34(33)49(35)42-27(2)21-31(22-28(42)3)47(6,7)8/h9-10,13-14,19-25H,11-12,15-18H2,1-8H3. The quantitative estimate of drug-likeness (QED) is 0.164. The van der Waals surface area contributed by atoms with Crippen molar-refractivity contribution in [1.29, 1.82) is 0 Å². The van der Waals surface area contributed by atoms with Crippen molar-refractivity contribution in [3.05, 3.63) is 100 Å². The van der Waals surface area contributed by atoms with Crippen LogP contribution in [0.1, 0.15) is 67.0 Å². The zero-order chi connectivity index (χ0) is 37.9. The highest BCUT2D eigenvalue weighted by Crippen LogP contribution is 2.53. The molecule has 0 spiro atoms. The molecule has 0 atom stereocenters. The van der Waals surface area contributed by atoms with E-state index in [0.717, 1.165) is 58.3 Å². The van der Waals surface area contributed by atoms with Gasteiger partial charge in [-0.2, -0.15) is 0 Å². The van der Waals surface area contributed by atoms with E-state index in [1.165, 1.54) is 70.8 Å². The Bertz CT molecular complexity index is 2560. The highest BCUT2D eigenvalue weighted by atomic mass is 32.1. The molecule has 5 aromatic carbocycles. The second-order valence-corrected chi connectivity index (χ2v) is 17.9. The number of ether oxygens (including phenoxy) is 4. The Balaban J connectivity index is 1.33. The van der Waals surface area contributed by atoms with Crippen LogP contribution in [0, 0.1) is 34.6 Å². The third kappa shape index (κ3) is 5.20. The summed E-state index contributed by atoms with van der Waals surface area (Å²) in [6, 6.07) is 25.2. The lowest BCUT2D eigenvalue weighted by molar-refractivity contribution is 0.296. The van der Waals surface area contributed by atoms with Crippen molar-refractivity contribution in [3.8, 4) is 23.0 Å². The number of fused-ring (bicyclic) bond motifs is 8. The molecule has 4 aliphatic heterocycles. The van der Waals surface area contributed by atoms with Crippen LogP contribution in [-0.4, -0.2) is 33.1 Å². The van der Waals surface area contributed by atoms with Crippen molar-refractivity contribution >= 4 is 78.0 Å². The largest absolute Gasteiger partial charge is 0.490 e. The summed E-state index contributed by atoms with van der Waals surface area (Å²) in [6.07, 6.45) is 1.72. The number of aryl methyl sites for hydroxylation is 4. The Labute approximate surface area is 328 Å². The molecule has 8 heteroatoms. The van der Waals surface area contributed by atoms with E-state index in [9.17, 15) is 0 Å². The van der Waals surface area contributed by atoms with Gasteiger partial charge >= 0.3 is 0 Å². The molecule has 55 heavy (non-hydrogen) atoms. The highest BCUT2D eigenvalue weighted by molar-refractivity contribution is 7.33. The summed E-state index contributed by atoms with van der Waals surface area (Å²) in [7, 11) is 0. The number of hydrogen-bond acceptors (Lipinski definition) is 7. The van der Waals surface area contributed by atoms with E-state index in [2.05, 4.69) is 132 Å². The van der Waals surface area contributed by atoms with E-state index in [-0.39, 0.29) is 12.1 Å². The van der Waals surface area contributed by atoms with E-state index in [1.807, 2.05) is 11.3 Å². The first-order valence-electron chi connectivity index (χ1n) is 19.7. The molecule has 278 valence electrons. The second kappa shape index (κ2) is 12.5. The molecule has 0 N–H and O–H groups in total. The molecule has 0 aliphatic carbocycles. The third-order valence-corrected chi connectivity index (χ3v) is 13.0. The Hall–Kier alpha value is -5.08. The summed E-state index contributed by atoms with van der Waals surface area (Å²) >= 11 is 1.91. The first-order chi connectivity index (χ1) is 26.5. The summed E-state index contributed by atoms with van der Waals surface area (Å²) in [4.78, 5) is 5.10. The molecule has 5 heterocycles. The van der Waals surface area contributed by atoms with Crippen LogP contribution in [0.5, 0.6) is 23.0 Å². The molecule has 10 rings (SSSR count). The topological polar surface area (TPSA) is 43.4 Å². The summed E-state index contributed by atoms with van der Waals surface area (Å²) in [5, 5.41) is 1.25. The van der Waals surface area contributed by atoms with Crippen molar-refractivity contribution in [2.24, 2.45) is 0 Å². The summed E-state index contributed by atoms with van der Waals surface area (Å²) in [6.45, 7) is 20.7. The van der Waals surface area contributed by atoms with Gasteiger partial charge < -0.3 is 28.7 Å². The van der Waals surface area contributed by atoms with E-state index in [0.29, 0.717) is 26.4 Å². The van der Waals surface area contributed by atoms with Crippen LogP contribution in [0.3, 0.4) is 0 Å². The minimum absolute atomic E-state index is 0.0202. The Morgan fingerprint density at radius 2 is 1.24 bits per heavy atom. The van der Waals surface area contributed by atoms with Crippen LogP contribution in [0.4, 0.5) is 34.1 Å². The van der Waals surface area contributed by atoms with Crippen molar-refractivity contribution in [2.45, 2.75) is 73.6 Å². The van der Waals surface area contributed by atoms with E-state index in [1.54, 1.807) is 0 Å². The summed E-state index contributed by atoms with van der Waals surface area (Å²) in [5.41, 5.74) is 17.0. The van der Waals surface area contributed by atoms with Gasteiger partial charge in [-0.1, -0.05) is 51.1 Å². The fourth-order valence-corrected chi connectivity index (χ4v) is 10.7. The fraction of sp³-hybridized carbons (Fsp3) is 0.319. The SMILES string of the molecule is Cc1cc2c3c(c1)N(c1c(C)cc4c(c1C)OCCCO4)c1c(sc4ccccc14)B3c1cc3c(cc1N2c1c(C)cc(C(C)(C)C)cc1C)OCCCO3. The molecule has 0 saturated carbocycles. The highest BCUT2D eigenvalue weighted by Gasteiger charge is 2.47. The van der Waals surface area contributed by atoms with Gasteiger partial charge in [0.05, 0.1) is 43.5 Å². The zero-order valence-corrected chi connectivity index (χ0v) is 33.9. The third-order valence-electron chi connectivity index (χ3n) is 11.8. The second-order valence-electron chi connectivity index (χ2n) is 16.8. The first-order valence-corrected chi connectivity index (χ1v) is 20.5. The van der Waals surface area contributed by atoms with Crippen LogP contribution in [0.25, 0.3) is 10.1 Å². The predicted molar refractivity (Wildman–Crippen MR) is 229 cm³/mol. The van der Waals surface area contributed by atoms with Crippen LogP contribution in [0.15, 0.2) is 66.7 Å². The molecule has 1 aromatic heterocycles. The van der Waals surface area contributed by atoms with Gasteiger partial charge in [-0.15, -0.1) is 11.3 Å². The van der Waals surface area contributed by atoms with Crippen molar-refractivity contribution < 1.29 is 18.9 Å². The smallest absolute Gasteiger partial charge is 0.264 e. The molecule has 0 fully saturated rings. The van der Waals surface area contributed by atoms with Crippen LogP contribution in [-0.2, 0) is 5.41 Å². The minimum atomic E-state index is -0.0202. The van der Waals surface area contributed by atoms with Gasteiger partial charge in [-0.3, -0.25) is 0 Å². The van der Waals surface area contributed by atoms with E-state index >= 15 is 0 Å². The number of hydrogen-bond donors (Lipinski definition) is 0. The maximum absolute atomic E-state index is 6.47. The predicted octanol–water partition coefficient (Wildman–Crippen LogP) is 10.1. The van der Waals surface area contributed by atoms with Crippen molar-refractivity contribution in [3.63, 3.8) is 0 Å². The van der Waals surface area contributed by atoms with Gasteiger partial charge in [0, 0.05) is 56.4 Å². The van der Waals surface area contributed by atoms with Gasteiger partial charge in [0.15, 0.2) is 23.0 Å². The van der Waals surface area contributed by atoms with Crippen LogP contribution < -0.4 is 44.4 Å². The minimum Gasteiger partial charge on any atom is -0.490 e. The van der Waals surface area contributed by atoms with Gasteiger partial charge in [0.1, 0.15) is 0 Å². The van der Waals surface area contributed by atoms with Gasteiger partial charge in [0.25, 0.3) is 6.71 Å². The molecule has 0 bridgehead atoms. The Morgan fingerprint density at radius 1 is 0.618 bits per heavy atom. The Morgan fingerprint density at radius 3 is 1.95 bits per heavy atom. The lowest BCUT2D eigenvalue weighted by Crippen LogP contribution is -2.60. The average molecular weight is 747 g/mol.